The first-order chi connectivity index (χ1) is 10.3. The normalized spacial score (nSPS) is 14.1. The number of hydrogen-bond acceptors (Lipinski definition) is 2. The molecule has 0 unspecified atom stereocenters. The van der Waals surface area contributed by atoms with Crippen LogP contribution in [0.15, 0.2) is 47.0 Å². The van der Waals surface area contributed by atoms with Crippen molar-refractivity contribution in [2.24, 2.45) is 7.05 Å². The molecule has 3 aromatic rings. The molecule has 2 heterocycles. The molecule has 0 atom stereocenters. The van der Waals surface area contributed by atoms with Crippen LogP contribution in [0, 0.1) is 0 Å². The molecule has 0 N–H and O–H groups in total. The molecule has 0 amide bonds. The fourth-order valence-corrected chi connectivity index (χ4v) is 3.24. The first-order valence-electron chi connectivity index (χ1n) is 7.53. The van der Waals surface area contributed by atoms with E-state index in [1.54, 1.807) is 0 Å². The van der Waals surface area contributed by atoms with Crippen LogP contribution in [0.2, 0.25) is 0 Å². The first-order valence-corrected chi connectivity index (χ1v) is 7.53. The average molecular weight is 278 g/mol. The molecule has 0 bridgehead atoms. The highest BCUT2D eigenvalue weighted by Crippen LogP contribution is 2.31. The molecule has 0 spiro atoms. The van der Waals surface area contributed by atoms with E-state index in [4.69, 9.17) is 4.52 Å². The van der Waals surface area contributed by atoms with Crippen LogP contribution in [0.5, 0.6) is 0 Å². The van der Waals surface area contributed by atoms with Crippen molar-refractivity contribution in [3.8, 4) is 22.7 Å². The van der Waals surface area contributed by atoms with Crippen LogP contribution < -0.4 is 0 Å². The Morgan fingerprint density at radius 1 is 1.05 bits per heavy atom. The number of benzene rings is 1. The summed E-state index contributed by atoms with van der Waals surface area (Å²) in [6.07, 6.45) is 4.95. The van der Waals surface area contributed by atoms with Gasteiger partial charge in [0, 0.05) is 24.4 Å². The molecule has 1 aliphatic rings. The highest BCUT2D eigenvalue weighted by atomic mass is 16.5. The Bertz CT molecular complexity index is 768. The minimum Gasteiger partial charge on any atom is -0.356 e. The van der Waals surface area contributed by atoms with Crippen LogP contribution in [-0.4, -0.2) is 9.72 Å². The summed E-state index contributed by atoms with van der Waals surface area (Å²) in [6.45, 7) is 0. The molecule has 0 fully saturated rings. The molecule has 2 aromatic heterocycles. The third-order valence-electron chi connectivity index (χ3n) is 4.39. The molecule has 106 valence electrons. The fraction of sp³-hybridized carbons (Fsp3) is 0.278. The van der Waals surface area contributed by atoms with Gasteiger partial charge in [-0.25, -0.2) is 0 Å². The van der Waals surface area contributed by atoms with Gasteiger partial charge in [0.25, 0.3) is 0 Å². The Morgan fingerprint density at radius 3 is 2.67 bits per heavy atom. The van der Waals surface area contributed by atoms with Crippen molar-refractivity contribution in [3.63, 3.8) is 0 Å². The third-order valence-corrected chi connectivity index (χ3v) is 4.39. The van der Waals surface area contributed by atoms with E-state index >= 15 is 0 Å². The molecule has 3 heteroatoms. The predicted molar refractivity (Wildman–Crippen MR) is 83.0 cm³/mol. The Balaban J connectivity index is 1.75. The Morgan fingerprint density at radius 2 is 1.86 bits per heavy atom. The summed E-state index contributed by atoms with van der Waals surface area (Å²) in [6, 6.07) is 14.4. The topological polar surface area (TPSA) is 31.0 Å². The highest BCUT2D eigenvalue weighted by Gasteiger charge is 2.19. The fourth-order valence-electron chi connectivity index (χ4n) is 3.24. The van der Waals surface area contributed by atoms with Crippen LogP contribution in [0.4, 0.5) is 0 Å². The van der Waals surface area contributed by atoms with Crippen molar-refractivity contribution in [2.75, 3.05) is 0 Å². The van der Waals surface area contributed by atoms with Gasteiger partial charge in [0.1, 0.15) is 5.69 Å². The molecule has 0 aliphatic heterocycles. The van der Waals surface area contributed by atoms with E-state index in [1.165, 1.54) is 36.9 Å². The van der Waals surface area contributed by atoms with Crippen molar-refractivity contribution < 1.29 is 4.52 Å². The number of hydrogen-bond donors (Lipinski definition) is 0. The van der Waals surface area contributed by atoms with Crippen molar-refractivity contribution in [2.45, 2.75) is 25.7 Å². The van der Waals surface area contributed by atoms with E-state index in [0.717, 1.165) is 22.7 Å². The maximum absolute atomic E-state index is 5.53. The lowest BCUT2D eigenvalue weighted by Gasteiger charge is -2.13. The monoisotopic (exact) mass is 278 g/mol. The molecule has 4 rings (SSSR count). The summed E-state index contributed by atoms with van der Waals surface area (Å²) in [5, 5.41) is 4.27. The summed E-state index contributed by atoms with van der Waals surface area (Å²) in [7, 11) is 2.14. The summed E-state index contributed by atoms with van der Waals surface area (Å²) in [5.74, 6) is 0.824. The van der Waals surface area contributed by atoms with E-state index in [1.807, 2.05) is 36.4 Å². The minimum absolute atomic E-state index is 0.824. The van der Waals surface area contributed by atoms with Gasteiger partial charge < -0.3 is 9.09 Å². The number of fused-ring (bicyclic) bond motifs is 1. The van der Waals surface area contributed by atoms with Crippen molar-refractivity contribution in [3.05, 3.63) is 53.7 Å². The summed E-state index contributed by atoms with van der Waals surface area (Å²) >= 11 is 0. The van der Waals surface area contributed by atoms with Gasteiger partial charge in [-0.05, 0) is 37.3 Å². The largest absolute Gasteiger partial charge is 0.356 e. The van der Waals surface area contributed by atoms with Gasteiger partial charge in [-0.1, -0.05) is 35.5 Å². The first kappa shape index (κ1) is 12.5. The second-order valence-corrected chi connectivity index (χ2v) is 5.71. The molecule has 1 aliphatic carbocycles. The van der Waals surface area contributed by atoms with Gasteiger partial charge in [-0.2, -0.15) is 0 Å². The summed E-state index contributed by atoms with van der Waals surface area (Å²) in [4.78, 5) is 0. The lowest BCUT2D eigenvalue weighted by molar-refractivity contribution is 0.434. The number of aryl methyl sites for hydroxylation is 1. The molecule has 1 aromatic carbocycles. The average Bonchev–Trinajstić information content (AvgIpc) is 3.14. The van der Waals surface area contributed by atoms with Gasteiger partial charge >= 0.3 is 0 Å². The Hall–Kier alpha value is -2.29. The van der Waals surface area contributed by atoms with Gasteiger partial charge in [0.05, 0.1) is 5.69 Å². The zero-order valence-corrected chi connectivity index (χ0v) is 12.2. The van der Waals surface area contributed by atoms with Crippen LogP contribution in [0.3, 0.4) is 0 Å². The number of aromatic nitrogens is 2. The molecule has 0 saturated carbocycles. The highest BCUT2D eigenvalue weighted by molar-refractivity contribution is 5.66. The second-order valence-electron chi connectivity index (χ2n) is 5.71. The van der Waals surface area contributed by atoms with Crippen molar-refractivity contribution >= 4 is 0 Å². The molecular weight excluding hydrogens is 260 g/mol. The predicted octanol–water partition coefficient (Wildman–Crippen LogP) is 4.23. The van der Waals surface area contributed by atoms with Crippen LogP contribution in [-0.2, 0) is 19.9 Å². The molecule has 0 saturated heterocycles. The van der Waals surface area contributed by atoms with Gasteiger partial charge in [0.15, 0.2) is 5.76 Å². The van der Waals surface area contributed by atoms with E-state index in [2.05, 4.69) is 22.8 Å². The summed E-state index contributed by atoms with van der Waals surface area (Å²) in [5.41, 5.74) is 6.08. The van der Waals surface area contributed by atoms with Crippen molar-refractivity contribution in [1.82, 2.24) is 9.72 Å². The lowest BCUT2D eigenvalue weighted by atomic mass is 9.98. The minimum atomic E-state index is 0.824. The lowest BCUT2D eigenvalue weighted by Crippen LogP contribution is -2.05. The molecule has 3 nitrogen and oxygen atoms in total. The van der Waals surface area contributed by atoms with Crippen LogP contribution >= 0.6 is 0 Å². The van der Waals surface area contributed by atoms with Crippen LogP contribution in [0.1, 0.15) is 24.1 Å². The van der Waals surface area contributed by atoms with E-state index in [-0.39, 0.29) is 0 Å². The van der Waals surface area contributed by atoms with E-state index in [0.29, 0.717) is 0 Å². The quantitative estimate of drug-likeness (QED) is 0.702. The maximum atomic E-state index is 5.53. The maximum Gasteiger partial charge on any atom is 0.167 e. The summed E-state index contributed by atoms with van der Waals surface area (Å²) < 4.78 is 7.81. The van der Waals surface area contributed by atoms with Crippen molar-refractivity contribution in [1.29, 1.82) is 0 Å². The smallest absolute Gasteiger partial charge is 0.167 e. The number of nitrogens with zero attached hydrogens (tertiary/aromatic N) is 2. The molecule has 21 heavy (non-hydrogen) atoms. The number of rotatable bonds is 2. The zero-order valence-electron chi connectivity index (χ0n) is 12.2. The Labute approximate surface area is 124 Å². The Kier molecular flexibility index (Phi) is 2.92. The van der Waals surface area contributed by atoms with E-state index < -0.39 is 0 Å². The van der Waals surface area contributed by atoms with Gasteiger partial charge in [-0.15, -0.1) is 0 Å². The SMILES string of the molecule is Cn1c(-c2cc(-c3ccccc3)on2)cc2c1CCCC2. The van der Waals surface area contributed by atoms with Gasteiger partial charge in [-0.3, -0.25) is 0 Å². The van der Waals surface area contributed by atoms with E-state index in [9.17, 15) is 0 Å². The zero-order chi connectivity index (χ0) is 14.2. The third kappa shape index (κ3) is 2.09. The van der Waals surface area contributed by atoms with Gasteiger partial charge in [0.2, 0.25) is 0 Å². The standard InChI is InChI=1S/C18H18N2O/c1-20-16-10-6-5-9-14(16)11-17(20)15-12-18(21-19-15)13-7-3-2-4-8-13/h2-4,7-8,11-12H,5-6,9-10H2,1H3. The molecule has 0 radical (unpaired) electrons. The molecular formula is C18H18N2O. The van der Waals surface area contributed by atoms with Crippen LogP contribution in [0.25, 0.3) is 22.7 Å². The second kappa shape index (κ2) is 4.92.